The lowest BCUT2D eigenvalue weighted by Crippen LogP contribution is -2.32. The van der Waals surface area contributed by atoms with Crippen molar-refractivity contribution < 1.29 is 9.53 Å². The molecule has 0 saturated heterocycles. The summed E-state index contributed by atoms with van der Waals surface area (Å²) in [6.45, 7) is 5.79. The number of pyridine rings is 2. The topological polar surface area (TPSA) is 64.1 Å². The molecule has 0 aliphatic heterocycles. The van der Waals surface area contributed by atoms with Crippen molar-refractivity contribution >= 4 is 6.09 Å². The third kappa shape index (κ3) is 4.87. The van der Waals surface area contributed by atoms with E-state index in [4.69, 9.17) is 4.74 Å². The standard InChI is InChI=1S/C16H19N3O2/c1-16(2,3)21-15(20)18-11-12-7-6-9-14(19-12)13-8-4-5-10-17-13/h4-10H,11H2,1-3H3,(H,18,20). The van der Waals surface area contributed by atoms with Gasteiger partial charge < -0.3 is 10.1 Å². The number of hydrogen-bond donors (Lipinski definition) is 1. The van der Waals surface area contributed by atoms with Gasteiger partial charge in [-0.1, -0.05) is 12.1 Å². The number of ether oxygens (including phenoxy) is 1. The lowest BCUT2D eigenvalue weighted by molar-refractivity contribution is 0.0523. The zero-order valence-electron chi connectivity index (χ0n) is 12.5. The number of amides is 1. The first-order valence-electron chi connectivity index (χ1n) is 6.78. The molecule has 0 atom stereocenters. The summed E-state index contributed by atoms with van der Waals surface area (Å²) in [5.74, 6) is 0. The average Bonchev–Trinajstić information content (AvgIpc) is 2.45. The molecule has 2 rings (SSSR count). The first-order valence-corrected chi connectivity index (χ1v) is 6.78. The fourth-order valence-electron chi connectivity index (χ4n) is 1.71. The Balaban J connectivity index is 2.01. The van der Waals surface area contributed by atoms with Crippen molar-refractivity contribution in [3.05, 3.63) is 48.3 Å². The van der Waals surface area contributed by atoms with Gasteiger partial charge in [0, 0.05) is 6.20 Å². The lowest BCUT2D eigenvalue weighted by atomic mass is 10.2. The number of rotatable bonds is 3. The minimum Gasteiger partial charge on any atom is -0.444 e. The Morgan fingerprint density at radius 3 is 2.57 bits per heavy atom. The number of nitrogens with one attached hydrogen (secondary N) is 1. The molecule has 0 unspecified atom stereocenters. The van der Waals surface area contributed by atoms with Crippen LogP contribution in [0.15, 0.2) is 42.6 Å². The minimum absolute atomic E-state index is 0.315. The van der Waals surface area contributed by atoms with Crippen LogP contribution in [-0.2, 0) is 11.3 Å². The first kappa shape index (κ1) is 15.0. The molecule has 0 fully saturated rings. The molecular weight excluding hydrogens is 266 g/mol. The number of aromatic nitrogens is 2. The Kier molecular flexibility index (Phi) is 4.52. The van der Waals surface area contributed by atoms with Gasteiger partial charge in [-0.05, 0) is 45.0 Å². The molecule has 2 heterocycles. The lowest BCUT2D eigenvalue weighted by Gasteiger charge is -2.19. The minimum atomic E-state index is -0.507. The van der Waals surface area contributed by atoms with Crippen molar-refractivity contribution in [3.8, 4) is 11.4 Å². The maximum absolute atomic E-state index is 11.6. The summed E-state index contributed by atoms with van der Waals surface area (Å²) in [5, 5.41) is 2.69. The molecule has 2 aromatic heterocycles. The van der Waals surface area contributed by atoms with Gasteiger partial charge >= 0.3 is 6.09 Å². The van der Waals surface area contributed by atoms with E-state index in [1.54, 1.807) is 6.20 Å². The molecule has 0 radical (unpaired) electrons. The quantitative estimate of drug-likeness (QED) is 0.940. The molecule has 0 saturated carbocycles. The van der Waals surface area contributed by atoms with Gasteiger partial charge in [0.25, 0.3) is 0 Å². The van der Waals surface area contributed by atoms with E-state index >= 15 is 0 Å². The first-order chi connectivity index (χ1) is 9.94. The number of hydrogen-bond acceptors (Lipinski definition) is 4. The number of alkyl carbamates (subject to hydrolysis) is 1. The van der Waals surface area contributed by atoms with Crippen LogP contribution in [0.25, 0.3) is 11.4 Å². The highest BCUT2D eigenvalue weighted by molar-refractivity contribution is 5.67. The predicted molar refractivity (Wildman–Crippen MR) is 80.5 cm³/mol. The fraction of sp³-hybridized carbons (Fsp3) is 0.312. The summed E-state index contributed by atoms with van der Waals surface area (Å²) in [6, 6.07) is 11.3. The zero-order valence-corrected chi connectivity index (χ0v) is 12.5. The van der Waals surface area contributed by atoms with Crippen LogP contribution in [0.1, 0.15) is 26.5 Å². The second-order valence-electron chi connectivity index (χ2n) is 5.58. The van der Waals surface area contributed by atoms with Crippen molar-refractivity contribution in [2.24, 2.45) is 0 Å². The molecular formula is C16H19N3O2. The number of carbonyl (C=O) groups is 1. The summed E-state index contributed by atoms with van der Waals surface area (Å²) < 4.78 is 5.18. The summed E-state index contributed by atoms with van der Waals surface area (Å²) in [4.78, 5) is 20.4. The molecule has 2 aromatic rings. The second-order valence-corrected chi connectivity index (χ2v) is 5.58. The van der Waals surface area contributed by atoms with E-state index < -0.39 is 11.7 Å². The third-order valence-corrected chi connectivity index (χ3v) is 2.55. The van der Waals surface area contributed by atoms with Gasteiger partial charge in [-0.15, -0.1) is 0 Å². The normalized spacial score (nSPS) is 11.0. The highest BCUT2D eigenvalue weighted by Crippen LogP contribution is 2.13. The Bertz CT molecular complexity index is 606. The molecule has 1 amide bonds. The largest absolute Gasteiger partial charge is 0.444 e. The molecule has 0 aliphatic rings. The highest BCUT2D eigenvalue weighted by Gasteiger charge is 2.15. The third-order valence-electron chi connectivity index (χ3n) is 2.55. The van der Waals surface area contributed by atoms with Crippen LogP contribution in [-0.4, -0.2) is 21.7 Å². The maximum atomic E-state index is 11.6. The van der Waals surface area contributed by atoms with Crippen molar-refractivity contribution in [3.63, 3.8) is 0 Å². The van der Waals surface area contributed by atoms with Gasteiger partial charge in [-0.2, -0.15) is 0 Å². The molecule has 110 valence electrons. The summed E-state index contributed by atoms with van der Waals surface area (Å²) >= 11 is 0. The predicted octanol–water partition coefficient (Wildman–Crippen LogP) is 3.17. The Labute approximate surface area is 124 Å². The van der Waals surface area contributed by atoms with E-state index in [0.717, 1.165) is 17.1 Å². The number of nitrogens with zero attached hydrogens (tertiary/aromatic N) is 2. The maximum Gasteiger partial charge on any atom is 0.407 e. The summed E-state index contributed by atoms with van der Waals surface area (Å²) in [7, 11) is 0. The average molecular weight is 285 g/mol. The molecule has 1 N–H and O–H groups in total. The number of carbonyl (C=O) groups excluding carboxylic acids is 1. The van der Waals surface area contributed by atoms with E-state index in [2.05, 4.69) is 15.3 Å². The van der Waals surface area contributed by atoms with Crippen molar-refractivity contribution in [1.29, 1.82) is 0 Å². The van der Waals surface area contributed by atoms with Gasteiger partial charge in [-0.25, -0.2) is 9.78 Å². The summed E-state index contributed by atoms with van der Waals surface area (Å²) in [6.07, 6.45) is 1.27. The zero-order chi connectivity index (χ0) is 15.3. The summed E-state index contributed by atoms with van der Waals surface area (Å²) in [5.41, 5.74) is 1.83. The van der Waals surface area contributed by atoms with Gasteiger partial charge in [-0.3, -0.25) is 4.98 Å². The van der Waals surface area contributed by atoms with Crippen LogP contribution >= 0.6 is 0 Å². The van der Waals surface area contributed by atoms with Crippen LogP contribution in [0.2, 0.25) is 0 Å². The smallest absolute Gasteiger partial charge is 0.407 e. The Morgan fingerprint density at radius 2 is 1.90 bits per heavy atom. The van der Waals surface area contributed by atoms with Gasteiger partial charge in [0.15, 0.2) is 0 Å². The fourth-order valence-corrected chi connectivity index (χ4v) is 1.71. The van der Waals surface area contributed by atoms with E-state index in [1.165, 1.54) is 0 Å². The van der Waals surface area contributed by atoms with Crippen molar-refractivity contribution in [2.45, 2.75) is 32.9 Å². The van der Waals surface area contributed by atoms with Crippen LogP contribution < -0.4 is 5.32 Å². The van der Waals surface area contributed by atoms with Crippen LogP contribution in [0.4, 0.5) is 4.79 Å². The SMILES string of the molecule is CC(C)(C)OC(=O)NCc1cccc(-c2ccccn2)n1. The van der Waals surface area contributed by atoms with Crippen molar-refractivity contribution in [1.82, 2.24) is 15.3 Å². The Hall–Kier alpha value is -2.43. The molecule has 0 spiro atoms. The van der Waals surface area contributed by atoms with Crippen LogP contribution in [0, 0.1) is 0 Å². The molecule has 5 heteroatoms. The van der Waals surface area contributed by atoms with Crippen molar-refractivity contribution in [2.75, 3.05) is 0 Å². The molecule has 0 bridgehead atoms. The Morgan fingerprint density at radius 1 is 1.14 bits per heavy atom. The second kappa shape index (κ2) is 6.35. The molecule has 21 heavy (non-hydrogen) atoms. The van der Waals surface area contributed by atoms with Gasteiger partial charge in [0.2, 0.25) is 0 Å². The van der Waals surface area contributed by atoms with Crippen LogP contribution in [0.3, 0.4) is 0 Å². The van der Waals surface area contributed by atoms with E-state index in [-0.39, 0.29) is 0 Å². The van der Waals surface area contributed by atoms with Crippen LogP contribution in [0.5, 0.6) is 0 Å². The van der Waals surface area contributed by atoms with Gasteiger partial charge in [0.1, 0.15) is 5.60 Å². The van der Waals surface area contributed by atoms with E-state index in [9.17, 15) is 4.79 Å². The monoisotopic (exact) mass is 285 g/mol. The molecule has 5 nitrogen and oxygen atoms in total. The van der Waals surface area contributed by atoms with Gasteiger partial charge in [0.05, 0.1) is 23.6 Å². The van der Waals surface area contributed by atoms with E-state index in [1.807, 2.05) is 57.2 Å². The van der Waals surface area contributed by atoms with E-state index in [0.29, 0.717) is 6.54 Å². The molecule has 0 aromatic carbocycles. The molecule has 0 aliphatic carbocycles. The highest BCUT2D eigenvalue weighted by atomic mass is 16.6.